The summed E-state index contributed by atoms with van der Waals surface area (Å²) in [6.07, 6.45) is 5.71. The number of hydrogen-bond donors (Lipinski definition) is 1. The number of nitrogens with zero attached hydrogens (tertiary/aromatic N) is 2. The SMILES string of the molecule is CON=C1CC2C3C[C@@H](F)C(=O)[C@@]3(C)CCC2[C@@]2(C)CCC(=NO[C@@H]3CCNC3)C[C@H]12. The first-order chi connectivity index (χ1) is 14.9. The lowest BCUT2D eigenvalue weighted by Crippen LogP contribution is -2.56. The molecule has 5 aliphatic rings. The Bertz CT molecular complexity index is 795. The maximum atomic E-state index is 14.5. The van der Waals surface area contributed by atoms with Crippen LogP contribution < -0.4 is 5.32 Å². The van der Waals surface area contributed by atoms with Gasteiger partial charge in [0, 0.05) is 24.3 Å². The van der Waals surface area contributed by atoms with E-state index in [1.54, 1.807) is 7.11 Å². The zero-order chi connectivity index (χ0) is 21.8. The molecule has 4 aliphatic carbocycles. The number of fused-ring (bicyclic) bond motifs is 5. The number of rotatable bonds is 3. The summed E-state index contributed by atoms with van der Waals surface area (Å²) in [5, 5.41) is 12.4. The summed E-state index contributed by atoms with van der Waals surface area (Å²) in [6.45, 7) is 6.27. The molecule has 0 aromatic heterocycles. The number of Topliss-reactive ketones (excluding diaryl/α,β-unsaturated/α-hetero) is 1. The number of carbonyl (C=O) groups excluding carboxylic acids is 1. The topological polar surface area (TPSA) is 72.3 Å². The second kappa shape index (κ2) is 7.82. The van der Waals surface area contributed by atoms with Gasteiger partial charge in [0.05, 0.1) is 11.4 Å². The van der Waals surface area contributed by atoms with Crippen LogP contribution in [-0.4, -0.2) is 49.7 Å². The second-order valence-electron chi connectivity index (χ2n) is 11.0. The molecule has 0 amide bonds. The van der Waals surface area contributed by atoms with Gasteiger partial charge in [-0.15, -0.1) is 0 Å². The van der Waals surface area contributed by atoms with Crippen molar-refractivity contribution < 1.29 is 18.9 Å². The van der Waals surface area contributed by atoms with Gasteiger partial charge in [-0.3, -0.25) is 4.79 Å². The molecule has 0 aromatic rings. The first-order valence-electron chi connectivity index (χ1n) is 12.1. The third-order valence-corrected chi connectivity index (χ3v) is 9.57. The average molecular weight is 434 g/mol. The molecule has 0 aromatic carbocycles. The molecule has 31 heavy (non-hydrogen) atoms. The monoisotopic (exact) mass is 433 g/mol. The second-order valence-corrected chi connectivity index (χ2v) is 11.0. The molecule has 0 bridgehead atoms. The minimum Gasteiger partial charge on any atom is -0.399 e. The van der Waals surface area contributed by atoms with Crippen LogP contribution >= 0.6 is 0 Å². The first kappa shape index (κ1) is 21.4. The molecule has 4 saturated carbocycles. The van der Waals surface area contributed by atoms with Gasteiger partial charge in [-0.1, -0.05) is 24.2 Å². The molecular weight excluding hydrogens is 397 g/mol. The van der Waals surface area contributed by atoms with E-state index in [0.29, 0.717) is 18.3 Å². The molecule has 3 unspecified atom stereocenters. The molecule has 172 valence electrons. The minimum absolute atomic E-state index is 0.0764. The van der Waals surface area contributed by atoms with Crippen molar-refractivity contribution in [2.75, 3.05) is 20.2 Å². The van der Waals surface area contributed by atoms with Gasteiger partial charge in [0.25, 0.3) is 0 Å². The normalized spacial score (nSPS) is 49.6. The van der Waals surface area contributed by atoms with E-state index in [-0.39, 0.29) is 29.1 Å². The lowest BCUT2D eigenvalue weighted by Gasteiger charge is -2.59. The number of carbonyl (C=O) groups is 1. The van der Waals surface area contributed by atoms with Gasteiger partial charge in [-0.25, -0.2) is 4.39 Å². The van der Waals surface area contributed by atoms with E-state index in [9.17, 15) is 9.18 Å². The zero-order valence-electron chi connectivity index (χ0n) is 19.0. The van der Waals surface area contributed by atoms with Crippen LogP contribution in [0.3, 0.4) is 0 Å². The van der Waals surface area contributed by atoms with Crippen LogP contribution in [0.25, 0.3) is 0 Å². The Morgan fingerprint density at radius 2 is 1.97 bits per heavy atom. The summed E-state index contributed by atoms with van der Waals surface area (Å²) in [5.74, 6) is 1.02. The Balaban J connectivity index is 1.41. The third kappa shape index (κ3) is 3.33. The van der Waals surface area contributed by atoms with Gasteiger partial charge in [0.15, 0.2) is 12.0 Å². The largest absolute Gasteiger partial charge is 0.399 e. The molecule has 5 fully saturated rings. The highest BCUT2D eigenvalue weighted by Gasteiger charge is 2.63. The van der Waals surface area contributed by atoms with Crippen LogP contribution in [0.15, 0.2) is 10.3 Å². The molecule has 7 heteroatoms. The van der Waals surface area contributed by atoms with Crippen LogP contribution in [0, 0.1) is 34.5 Å². The molecule has 1 saturated heterocycles. The molecule has 8 atom stereocenters. The number of oxime groups is 2. The molecular formula is C24H36FN3O3. The molecule has 6 nitrogen and oxygen atoms in total. The van der Waals surface area contributed by atoms with Crippen LogP contribution in [0.5, 0.6) is 0 Å². The summed E-state index contributed by atoms with van der Waals surface area (Å²) < 4.78 is 14.5. The van der Waals surface area contributed by atoms with E-state index >= 15 is 0 Å². The van der Waals surface area contributed by atoms with Crippen LogP contribution in [0.2, 0.25) is 0 Å². The number of alkyl halides is 1. The van der Waals surface area contributed by atoms with Gasteiger partial charge in [-0.2, -0.15) is 0 Å². The number of hydrogen-bond acceptors (Lipinski definition) is 6. The predicted molar refractivity (Wildman–Crippen MR) is 117 cm³/mol. The predicted octanol–water partition coefficient (Wildman–Crippen LogP) is 3.89. The molecule has 0 radical (unpaired) electrons. The van der Waals surface area contributed by atoms with Gasteiger partial charge in [0.2, 0.25) is 0 Å². The van der Waals surface area contributed by atoms with E-state index in [1.807, 2.05) is 6.92 Å². The lowest BCUT2D eigenvalue weighted by atomic mass is 9.45. The summed E-state index contributed by atoms with van der Waals surface area (Å²) in [5.41, 5.74) is 1.76. The standard InChI is InChI=1S/C24H36FN3O3/c1-23-7-4-14(27-31-15-6-9-26-13-15)10-19(23)21(28-30-3)11-16-17(23)5-8-24(2)18(16)12-20(25)22(24)29/h15-20,26H,4-13H2,1-3H3/t15-,16?,17?,18?,19-,20-,23-,24+/m1/s1. The van der Waals surface area contributed by atoms with E-state index in [1.165, 1.54) is 0 Å². The summed E-state index contributed by atoms with van der Waals surface area (Å²) in [4.78, 5) is 23.8. The van der Waals surface area contributed by atoms with Crippen molar-refractivity contribution in [3.63, 3.8) is 0 Å². The van der Waals surface area contributed by atoms with E-state index in [0.717, 1.165) is 69.5 Å². The molecule has 1 aliphatic heterocycles. The van der Waals surface area contributed by atoms with Gasteiger partial charge in [-0.05, 0) is 74.7 Å². The zero-order valence-corrected chi connectivity index (χ0v) is 19.0. The Kier molecular flexibility index (Phi) is 5.39. The van der Waals surface area contributed by atoms with Crippen LogP contribution in [0.4, 0.5) is 4.39 Å². The highest BCUT2D eigenvalue weighted by atomic mass is 19.1. The Morgan fingerprint density at radius 3 is 2.71 bits per heavy atom. The van der Waals surface area contributed by atoms with E-state index < -0.39 is 11.6 Å². The van der Waals surface area contributed by atoms with Crippen molar-refractivity contribution in [2.45, 2.75) is 77.5 Å². The summed E-state index contributed by atoms with van der Waals surface area (Å²) in [7, 11) is 1.60. The number of nitrogens with one attached hydrogen (secondary N) is 1. The maximum absolute atomic E-state index is 14.5. The van der Waals surface area contributed by atoms with Gasteiger partial charge >= 0.3 is 0 Å². The highest BCUT2D eigenvalue weighted by molar-refractivity contribution is 5.96. The Morgan fingerprint density at radius 1 is 1.13 bits per heavy atom. The Hall–Kier alpha value is -1.50. The summed E-state index contributed by atoms with van der Waals surface area (Å²) >= 11 is 0. The molecule has 5 rings (SSSR count). The van der Waals surface area contributed by atoms with E-state index in [4.69, 9.17) is 9.68 Å². The minimum atomic E-state index is -1.30. The van der Waals surface area contributed by atoms with E-state index in [2.05, 4.69) is 22.6 Å². The molecule has 0 spiro atoms. The fourth-order valence-corrected chi connectivity index (χ4v) is 7.79. The quantitative estimate of drug-likeness (QED) is 0.686. The fourth-order valence-electron chi connectivity index (χ4n) is 7.79. The third-order valence-electron chi connectivity index (χ3n) is 9.57. The van der Waals surface area contributed by atoms with Gasteiger partial charge < -0.3 is 15.0 Å². The van der Waals surface area contributed by atoms with Crippen molar-refractivity contribution in [2.24, 2.45) is 44.8 Å². The maximum Gasteiger partial charge on any atom is 0.173 e. The molecule has 1 N–H and O–H groups in total. The summed E-state index contributed by atoms with van der Waals surface area (Å²) in [6, 6.07) is 0. The first-order valence-corrected chi connectivity index (χ1v) is 12.1. The van der Waals surface area contributed by atoms with Crippen LogP contribution in [0.1, 0.15) is 65.2 Å². The average Bonchev–Trinajstić information content (AvgIpc) is 3.35. The van der Waals surface area contributed by atoms with Crippen molar-refractivity contribution >= 4 is 17.2 Å². The number of halogens is 1. The van der Waals surface area contributed by atoms with Crippen molar-refractivity contribution in [3.8, 4) is 0 Å². The smallest absolute Gasteiger partial charge is 0.173 e. The lowest BCUT2D eigenvalue weighted by molar-refractivity contribution is -0.135. The fraction of sp³-hybridized carbons (Fsp3) is 0.875. The Labute approximate surface area is 184 Å². The van der Waals surface area contributed by atoms with Crippen LogP contribution in [-0.2, 0) is 14.5 Å². The van der Waals surface area contributed by atoms with Crippen molar-refractivity contribution in [1.82, 2.24) is 5.32 Å². The highest BCUT2D eigenvalue weighted by Crippen LogP contribution is 2.65. The van der Waals surface area contributed by atoms with Gasteiger partial charge in [0.1, 0.15) is 13.2 Å². The van der Waals surface area contributed by atoms with Crippen molar-refractivity contribution in [3.05, 3.63) is 0 Å². The van der Waals surface area contributed by atoms with Crippen molar-refractivity contribution in [1.29, 1.82) is 0 Å². The molecule has 1 heterocycles. The number of ketones is 1.